The first-order chi connectivity index (χ1) is 2.56. The summed E-state index contributed by atoms with van der Waals surface area (Å²) in [6.45, 7) is 0. The van der Waals surface area contributed by atoms with Crippen molar-refractivity contribution >= 4 is 16.0 Å². The molecule has 0 nitrogen and oxygen atoms in total. The van der Waals surface area contributed by atoms with Crippen molar-refractivity contribution in [1.29, 1.82) is 0 Å². The van der Waals surface area contributed by atoms with Gasteiger partial charge in [-0.25, -0.2) is 0 Å². The van der Waals surface area contributed by atoms with Gasteiger partial charge in [0.05, 0.1) is 0 Å². The summed E-state index contributed by atoms with van der Waals surface area (Å²) in [4.78, 5) is 0. The standard InChI is InChI=1S/C2H2F3Se/c3-2(4,5)1-6/h1H2. The van der Waals surface area contributed by atoms with Gasteiger partial charge in [0, 0.05) is 0 Å². The van der Waals surface area contributed by atoms with Crippen LogP contribution >= 0.6 is 0 Å². The SMILES string of the molecule is FC(F)(F)C[Se]. The van der Waals surface area contributed by atoms with E-state index >= 15 is 0 Å². The van der Waals surface area contributed by atoms with Gasteiger partial charge in [-0.3, -0.25) is 0 Å². The summed E-state index contributed by atoms with van der Waals surface area (Å²) in [5.74, 6) is 0. The third-order valence-corrected chi connectivity index (χ3v) is 0.850. The average Bonchev–Trinajstić information content (AvgIpc) is 1.35. The van der Waals surface area contributed by atoms with Gasteiger partial charge in [0.1, 0.15) is 0 Å². The average molecular weight is 162 g/mol. The van der Waals surface area contributed by atoms with E-state index in [9.17, 15) is 13.2 Å². The van der Waals surface area contributed by atoms with E-state index in [2.05, 4.69) is 0 Å². The molecule has 0 aliphatic heterocycles. The van der Waals surface area contributed by atoms with Crippen LogP contribution in [-0.4, -0.2) is 22.2 Å². The Labute approximate surface area is 41.5 Å². The van der Waals surface area contributed by atoms with Crippen LogP contribution in [0.1, 0.15) is 0 Å². The maximum atomic E-state index is 10.8. The first-order valence-corrected chi connectivity index (χ1v) is 2.42. The summed E-state index contributed by atoms with van der Waals surface area (Å²) < 4.78 is 32.3. The normalized spacial score (nSPS) is 12.0. The van der Waals surface area contributed by atoms with E-state index in [1.165, 1.54) is 0 Å². The second-order valence-electron chi connectivity index (χ2n) is 0.760. The zero-order chi connectivity index (χ0) is 5.21. The molecule has 0 spiro atoms. The summed E-state index contributed by atoms with van der Waals surface area (Å²) >= 11 is 1.86. The van der Waals surface area contributed by atoms with E-state index in [1.807, 2.05) is 16.0 Å². The summed E-state index contributed by atoms with van der Waals surface area (Å²) in [5, 5.41) is -0.854. The minimum absolute atomic E-state index is 0.854. The van der Waals surface area contributed by atoms with Gasteiger partial charge in [-0.1, -0.05) is 0 Å². The summed E-state index contributed by atoms with van der Waals surface area (Å²) in [6.07, 6.45) is -4.01. The molecule has 6 heavy (non-hydrogen) atoms. The van der Waals surface area contributed by atoms with Crippen molar-refractivity contribution in [2.45, 2.75) is 11.5 Å². The van der Waals surface area contributed by atoms with E-state index in [-0.39, 0.29) is 0 Å². The van der Waals surface area contributed by atoms with E-state index < -0.39 is 11.5 Å². The van der Waals surface area contributed by atoms with Crippen molar-refractivity contribution in [3.05, 3.63) is 0 Å². The first kappa shape index (κ1) is 6.31. The van der Waals surface area contributed by atoms with E-state index in [1.54, 1.807) is 0 Å². The number of halogens is 3. The molecule has 37 valence electrons. The van der Waals surface area contributed by atoms with Crippen LogP contribution in [0.15, 0.2) is 0 Å². The first-order valence-electron chi connectivity index (χ1n) is 1.21. The fourth-order valence-corrected chi connectivity index (χ4v) is 0. The molecule has 0 unspecified atom stereocenters. The molecule has 1 radical (unpaired) electrons. The minimum atomic E-state index is -4.01. The molecule has 0 bridgehead atoms. The quantitative estimate of drug-likeness (QED) is 0.468. The number of rotatable bonds is 0. The Morgan fingerprint density at radius 2 is 1.50 bits per heavy atom. The van der Waals surface area contributed by atoms with Crippen molar-refractivity contribution in [2.24, 2.45) is 0 Å². The molecule has 0 atom stereocenters. The van der Waals surface area contributed by atoms with E-state index in [0.29, 0.717) is 0 Å². The molecule has 0 saturated carbocycles. The third-order valence-electron chi connectivity index (χ3n) is 0.164. The Balaban J connectivity index is 3.17. The second kappa shape index (κ2) is 1.85. The predicted molar refractivity (Wildman–Crippen MR) is 16.6 cm³/mol. The Bertz CT molecular complexity index is 38.5. The molecule has 0 aliphatic rings. The van der Waals surface area contributed by atoms with Crippen LogP contribution < -0.4 is 0 Å². The van der Waals surface area contributed by atoms with Crippen molar-refractivity contribution in [1.82, 2.24) is 0 Å². The van der Waals surface area contributed by atoms with Gasteiger partial charge < -0.3 is 0 Å². The van der Waals surface area contributed by atoms with Crippen LogP contribution in [-0.2, 0) is 0 Å². The molecule has 0 fully saturated rings. The number of hydrogen-bond donors (Lipinski definition) is 0. The second-order valence-corrected chi connectivity index (χ2v) is 1.37. The topological polar surface area (TPSA) is 0 Å². The van der Waals surface area contributed by atoms with Crippen molar-refractivity contribution in [3.8, 4) is 0 Å². The molecule has 0 aromatic rings. The molecule has 0 aliphatic carbocycles. The monoisotopic (exact) mass is 163 g/mol. The summed E-state index contributed by atoms with van der Waals surface area (Å²) in [7, 11) is 0. The number of alkyl halides is 3. The Kier molecular flexibility index (Phi) is 1.94. The Hall–Kier alpha value is 0.309. The Morgan fingerprint density at radius 3 is 1.50 bits per heavy atom. The molecule has 0 amide bonds. The maximum absolute atomic E-state index is 10.8. The van der Waals surface area contributed by atoms with Gasteiger partial charge in [-0.15, -0.1) is 0 Å². The van der Waals surface area contributed by atoms with Crippen molar-refractivity contribution < 1.29 is 13.2 Å². The molecule has 0 rings (SSSR count). The zero-order valence-corrected chi connectivity index (χ0v) is 4.46. The van der Waals surface area contributed by atoms with E-state index in [0.717, 1.165) is 0 Å². The molecule has 0 heterocycles. The fraction of sp³-hybridized carbons (Fsp3) is 1.00. The molecule has 0 aromatic heterocycles. The van der Waals surface area contributed by atoms with Gasteiger partial charge in [-0.05, 0) is 0 Å². The van der Waals surface area contributed by atoms with Crippen LogP contribution in [0.5, 0.6) is 0 Å². The fourth-order valence-electron chi connectivity index (χ4n) is 0. The molecular weight excluding hydrogens is 160 g/mol. The predicted octanol–water partition coefficient (Wildman–Crippen LogP) is 1.14. The zero-order valence-electron chi connectivity index (χ0n) is 2.75. The molecular formula is C2H2F3Se. The van der Waals surface area contributed by atoms with Gasteiger partial charge >= 0.3 is 40.7 Å². The van der Waals surface area contributed by atoms with Crippen LogP contribution in [0.25, 0.3) is 0 Å². The molecule has 4 heteroatoms. The van der Waals surface area contributed by atoms with Crippen LogP contribution in [0.4, 0.5) is 13.2 Å². The van der Waals surface area contributed by atoms with Crippen molar-refractivity contribution in [2.75, 3.05) is 0 Å². The number of hydrogen-bond acceptors (Lipinski definition) is 0. The third kappa shape index (κ3) is 4.31. The van der Waals surface area contributed by atoms with Gasteiger partial charge in [0.2, 0.25) is 0 Å². The van der Waals surface area contributed by atoms with Crippen LogP contribution in [0.3, 0.4) is 0 Å². The molecule has 0 aromatic carbocycles. The summed E-state index contributed by atoms with van der Waals surface area (Å²) in [5.41, 5.74) is 0. The van der Waals surface area contributed by atoms with Gasteiger partial charge in [0.15, 0.2) is 0 Å². The van der Waals surface area contributed by atoms with Gasteiger partial charge in [0.25, 0.3) is 0 Å². The van der Waals surface area contributed by atoms with Gasteiger partial charge in [-0.2, -0.15) is 0 Å². The summed E-state index contributed by atoms with van der Waals surface area (Å²) in [6, 6.07) is 0. The van der Waals surface area contributed by atoms with Crippen LogP contribution in [0, 0.1) is 0 Å². The molecule has 0 saturated heterocycles. The molecule has 0 N–H and O–H groups in total. The van der Waals surface area contributed by atoms with E-state index in [4.69, 9.17) is 0 Å². The Morgan fingerprint density at radius 1 is 1.33 bits per heavy atom. The van der Waals surface area contributed by atoms with Crippen LogP contribution in [0.2, 0.25) is 5.32 Å². The van der Waals surface area contributed by atoms with Crippen molar-refractivity contribution in [3.63, 3.8) is 0 Å².